The van der Waals surface area contributed by atoms with Crippen molar-refractivity contribution in [1.82, 2.24) is 19.7 Å². The van der Waals surface area contributed by atoms with Crippen molar-refractivity contribution in [3.8, 4) is 11.4 Å². The Labute approximate surface area is 111 Å². The third-order valence-corrected chi connectivity index (χ3v) is 3.58. The van der Waals surface area contributed by atoms with Gasteiger partial charge in [-0.3, -0.25) is 14.4 Å². The highest BCUT2D eigenvalue weighted by Crippen LogP contribution is 2.19. The first-order valence-electron chi connectivity index (χ1n) is 6.75. The van der Waals surface area contributed by atoms with E-state index < -0.39 is 0 Å². The van der Waals surface area contributed by atoms with Gasteiger partial charge in [-0.1, -0.05) is 13.0 Å². The molecule has 1 aliphatic rings. The zero-order valence-electron chi connectivity index (χ0n) is 11.1. The minimum atomic E-state index is -0.0871. The molecule has 0 saturated carbocycles. The Morgan fingerprint density at radius 3 is 3.05 bits per heavy atom. The first kappa shape index (κ1) is 12.2. The van der Waals surface area contributed by atoms with E-state index in [0.717, 1.165) is 44.0 Å². The molecule has 1 aliphatic heterocycles. The highest BCUT2D eigenvalue weighted by atomic mass is 16.1. The summed E-state index contributed by atoms with van der Waals surface area (Å²) in [5.41, 5.74) is 2.77. The number of fused-ring (bicyclic) bond motifs is 1. The number of aromatic nitrogens is 3. The molecular formula is C14H18N4O. The maximum absolute atomic E-state index is 11.4. The second-order valence-corrected chi connectivity index (χ2v) is 4.90. The lowest BCUT2D eigenvalue weighted by Gasteiger charge is -2.15. The molecule has 1 N–H and O–H groups in total. The Morgan fingerprint density at radius 1 is 1.37 bits per heavy atom. The van der Waals surface area contributed by atoms with E-state index in [4.69, 9.17) is 0 Å². The van der Waals surface area contributed by atoms with Gasteiger partial charge in [-0.25, -0.2) is 0 Å². The molecule has 19 heavy (non-hydrogen) atoms. The molecule has 2 aromatic heterocycles. The quantitative estimate of drug-likeness (QED) is 0.887. The minimum Gasteiger partial charge on any atom is -0.321 e. The van der Waals surface area contributed by atoms with Crippen molar-refractivity contribution in [1.29, 1.82) is 0 Å². The topological polar surface area (TPSA) is 53.9 Å². The molecule has 0 radical (unpaired) electrons. The van der Waals surface area contributed by atoms with Gasteiger partial charge in [0.25, 0.3) is 0 Å². The van der Waals surface area contributed by atoms with Gasteiger partial charge in [0.2, 0.25) is 5.56 Å². The van der Waals surface area contributed by atoms with Crippen molar-refractivity contribution in [3.05, 3.63) is 40.3 Å². The van der Waals surface area contributed by atoms with E-state index >= 15 is 0 Å². The van der Waals surface area contributed by atoms with E-state index in [1.165, 1.54) is 11.8 Å². The number of H-pyrrole nitrogens is 1. The van der Waals surface area contributed by atoms with Crippen LogP contribution >= 0.6 is 0 Å². The number of rotatable bonds is 2. The van der Waals surface area contributed by atoms with E-state index in [9.17, 15) is 4.79 Å². The summed E-state index contributed by atoms with van der Waals surface area (Å²) in [6, 6.07) is 7.25. The fourth-order valence-electron chi connectivity index (χ4n) is 2.53. The molecule has 5 heteroatoms. The summed E-state index contributed by atoms with van der Waals surface area (Å²) in [6.45, 7) is 6.24. The smallest absolute Gasteiger partial charge is 0.248 e. The maximum atomic E-state index is 11.4. The van der Waals surface area contributed by atoms with E-state index in [1.54, 1.807) is 6.07 Å². The van der Waals surface area contributed by atoms with E-state index in [2.05, 4.69) is 32.7 Å². The number of aromatic amines is 1. The summed E-state index contributed by atoms with van der Waals surface area (Å²) in [5.74, 6) is 0. The molecule has 0 aromatic carbocycles. The summed E-state index contributed by atoms with van der Waals surface area (Å²) in [6.07, 6.45) is 1.12. The fourth-order valence-corrected chi connectivity index (χ4v) is 2.53. The first-order chi connectivity index (χ1) is 9.26. The Morgan fingerprint density at radius 2 is 2.26 bits per heavy atom. The number of nitrogens with zero attached hydrogens (tertiary/aromatic N) is 3. The Balaban J connectivity index is 1.96. The lowest BCUT2D eigenvalue weighted by Crippen LogP contribution is -2.22. The van der Waals surface area contributed by atoms with E-state index in [0.29, 0.717) is 0 Å². The number of hydrogen-bond acceptors (Lipinski definition) is 3. The van der Waals surface area contributed by atoms with E-state index in [1.807, 2.05) is 6.07 Å². The average molecular weight is 258 g/mol. The Hall–Kier alpha value is -1.88. The molecular weight excluding hydrogens is 240 g/mol. The second kappa shape index (κ2) is 5.01. The van der Waals surface area contributed by atoms with Crippen LogP contribution in [-0.2, 0) is 13.1 Å². The highest BCUT2D eigenvalue weighted by molar-refractivity contribution is 5.53. The van der Waals surface area contributed by atoms with Crippen molar-refractivity contribution < 1.29 is 0 Å². The predicted octanol–water partition coefficient (Wildman–Crippen LogP) is 1.46. The molecule has 5 nitrogen and oxygen atoms in total. The molecule has 0 atom stereocenters. The molecule has 0 bridgehead atoms. The molecule has 0 saturated heterocycles. The van der Waals surface area contributed by atoms with Gasteiger partial charge >= 0.3 is 0 Å². The molecule has 3 rings (SSSR count). The van der Waals surface area contributed by atoms with Crippen LogP contribution in [0.2, 0.25) is 0 Å². The SMILES string of the molecule is CCN1CCCn2nc(-c3cccc(=O)[nH]3)cc2C1. The van der Waals surface area contributed by atoms with Gasteiger partial charge in [0, 0.05) is 25.7 Å². The molecule has 0 aliphatic carbocycles. The van der Waals surface area contributed by atoms with E-state index in [-0.39, 0.29) is 5.56 Å². The van der Waals surface area contributed by atoms with Gasteiger partial charge in [-0.15, -0.1) is 0 Å². The van der Waals surface area contributed by atoms with Crippen LogP contribution in [0, 0.1) is 0 Å². The maximum Gasteiger partial charge on any atom is 0.248 e. The van der Waals surface area contributed by atoms with Gasteiger partial charge in [0.05, 0.1) is 11.4 Å². The summed E-state index contributed by atoms with van der Waals surface area (Å²) in [4.78, 5) is 16.6. The minimum absolute atomic E-state index is 0.0871. The standard InChI is InChI=1S/C14H18N4O/c1-2-17-7-4-8-18-11(10-17)9-13(16-18)12-5-3-6-14(19)15-12/h3,5-6,9H,2,4,7-8,10H2,1H3,(H,15,19). The van der Waals surface area contributed by atoms with Crippen molar-refractivity contribution in [2.24, 2.45) is 0 Å². The summed E-state index contributed by atoms with van der Waals surface area (Å²) in [7, 11) is 0. The first-order valence-corrected chi connectivity index (χ1v) is 6.75. The monoisotopic (exact) mass is 258 g/mol. The third-order valence-electron chi connectivity index (χ3n) is 3.58. The molecule has 0 unspecified atom stereocenters. The number of hydrogen-bond donors (Lipinski definition) is 1. The summed E-state index contributed by atoms with van der Waals surface area (Å²) < 4.78 is 2.07. The van der Waals surface area contributed by atoms with Crippen LogP contribution in [0.15, 0.2) is 29.1 Å². The third kappa shape index (κ3) is 2.46. The number of aryl methyl sites for hydroxylation is 1. The largest absolute Gasteiger partial charge is 0.321 e. The van der Waals surface area contributed by atoms with Gasteiger partial charge < -0.3 is 4.98 Å². The lowest BCUT2D eigenvalue weighted by molar-refractivity contribution is 0.284. The normalized spacial score (nSPS) is 16.1. The van der Waals surface area contributed by atoms with Gasteiger partial charge in [-0.05, 0) is 25.1 Å². The lowest BCUT2D eigenvalue weighted by atomic mass is 10.2. The van der Waals surface area contributed by atoms with Crippen molar-refractivity contribution >= 4 is 0 Å². The molecule has 0 fully saturated rings. The zero-order valence-corrected chi connectivity index (χ0v) is 11.1. The average Bonchev–Trinajstić information content (AvgIpc) is 2.71. The second-order valence-electron chi connectivity index (χ2n) is 4.90. The van der Waals surface area contributed by atoms with Crippen molar-refractivity contribution in [2.75, 3.05) is 13.1 Å². The fraction of sp³-hybridized carbons (Fsp3) is 0.429. The molecule has 3 heterocycles. The highest BCUT2D eigenvalue weighted by Gasteiger charge is 2.16. The van der Waals surface area contributed by atoms with Crippen LogP contribution in [0.25, 0.3) is 11.4 Å². The molecule has 0 spiro atoms. The van der Waals surface area contributed by atoms with Crippen LogP contribution in [0.1, 0.15) is 19.0 Å². The zero-order chi connectivity index (χ0) is 13.2. The van der Waals surface area contributed by atoms with Crippen molar-refractivity contribution in [3.63, 3.8) is 0 Å². The van der Waals surface area contributed by atoms with Gasteiger partial charge in [0.1, 0.15) is 5.69 Å². The Bertz CT molecular complexity index is 628. The van der Waals surface area contributed by atoms with Crippen LogP contribution in [0.3, 0.4) is 0 Å². The van der Waals surface area contributed by atoms with Crippen LogP contribution in [0.5, 0.6) is 0 Å². The van der Waals surface area contributed by atoms with Crippen LogP contribution < -0.4 is 5.56 Å². The van der Waals surface area contributed by atoms with Gasteiger partial charge in [-0.2, -0.15) is 5.10 Å². The van der Waals surface area contributed by atoms with Gasteiger partial charge in [0.15, 0.2) is 0 Å². The molecule has 2 aromatic rings. The predicted molar refractivity (Wildman–Crippen MR) is 73.9 cm³/mol. The number of pyridine rings is 1. The van der Waals surface area contributed by atoms with Crippen LogP contribution in [-0.4, -0.2) is 32.8 Å². The molecule has 100 valence electrons. The summed E-state index contributed by atoms with van der Waals surface area (Å²) >= 11 is 0. The molecule has 0 amide bonds. The number of nitrogens with one attached hydrogen (secondary N) is 1. The Kier molecular flexibility index (Phi) is 3.21. The van der Waals surface area contributed by atoms with Crippen LogP contribution in [0.4, 0.5) is 0 Å². The summed E-state index contributed by atoms with van der Waals surface area (Å²) in [5, 5.41) is 4.61. The van der Waals surface area contributed by atoms with Crippen molar-refractivity contribution in [2.45, 2.75) is 26.4 Å².